The maximum Gasteiger partial charge on any atom is 0.302 e. The van der Waals surface area contributed by atoms with E-state index in [9.17, 15) is 13.2 Å². The fourth-order valence-electron chi connectivity index (χ4n) is 7.35. The van der Waals surface area contributed by atoms with Gasteiger partial charge in [-0.3, -0.25) is 8.98 Å². The van der Waals surface area contributed by atoms with Gasteiger partial charge in [-0.15, -0.1) is 0 Å². The van der Waals surface area contributed by atoms with E-state index in [1.165, 1.54) is 25.3 Å². The van der Waals surface area contributed by atoms with E-state index < -0.39 is 10.1 Å². The zero-order chi connectivity index (χ0) is 32.1. The molecule has 2 saturated heterocycles. The van der Waals surface area contributed by atoms with Gasteiger partial charge in [0.05, 0.1) is 31.7 Å². The summed E-state index contributed by atoms with van der Waals surface area (Å²) in [6, 6.07) is 0. The monoisotopic (exact) mass is 654 g/mol. The smallest absolute Gasteiger partial charge is 0.302 e. The van der Waals surface area contributed by atoms with E-state index in [0.29, 0.717) is 18.4 Å². The summed E-state index contributed by atoms with van der Waals surface area (Å²) in [6.07, 6.45) is 22.8. The summed E-state index contributed by atoms with van der Waals surface area (Å²) in [6.45, 7) is 5.68. The SMILES string of the molecule is CCCCCC(C=CC1C(OC2CCCCO2)CC2C=C(C(CCCCOC(C)=O)COS(C)(=O)=O)CC21)OC1CCCCO1. The summed E-state index contributed by atoms with van der Waals surface area (Å²) < 4.78 is 59.4. The Balaban J connectivity index is 1.47. The second-order valence-electron chi connectivity index (χ2n) is 13.4. The van der Waals surface area contributed by atoms with Gasteiger partial charge in [-0.1, -0.05) is 50.0 Å². The number of fused-ring (bicyclic) bond motifs is 1. The van der Waals surface area contributed by atoms with Gasteiger partial charge in [0.2, 0.25) is 0 Å². The number of carbonyl (C=O) groups is 1. The number of rotatable bonds is 19. The number of hydrogen-bond acceptors (Lipinski definition) is 9. The van der Waals surface area contributed by atoms with Crippen LogP contribution in [-0.2, 0) is 42.8 Å². The molecule has 2 aliphatic carbocycles. The highest BCUT2D eigenvalue weighted by Gasteiger charge is 2.46. The molecule has 8 unspecified atom stereocenters. The van der Waals surface area contributed by atoms with Crippen molar-refractivity contribution < 1.29 is 41.1 Å². The lowest BCUT2D eigenvalue weighted by Gasteiger charge is -2.30. The highest BCUT2D eigenvalue weighted by molar-refractivity contribution is 7.85. The first-order valence-corrected chi connectivity index (χ1v) is 19.4. The molecule has 4 rings (SSSR count). The molecule has 9 nitrogen and oxygen atoms in total. The van der Waals surface area contributed by atoms with E-state index in [-0.39, 0.29) is 49.2 Å². The van der Waals surface area contributed by atoms with Crippen LogP contribution in [0.5, 0.6) is 0 Å². The number of hydrogen-bond donors (Lipinski definition) is 0. The normalized spacial score (nSPS) is 30.2. The van der Waals surface area contributed by atoms with Crippen molar-refractivity contribution in [3.8, 4) is 0 Å². The second-order valence-corrected chi connectivity index (χ2v) is 15.1. The minimum Gasteiger partial charge on any atom is -0.466 e. The van der Waals surface area contributed by atoms with Gasteiger partial charge in [0.25, 0.3) is 10.1 Å². The number of carbonyl (C=O) groups excluding carboxylic acids is 1. The third kappa shape index (κ3) is 12.7. The predicted molar refractivity (Wildman–Crippen MR) is 173 cm³/mol. The van der Waals surface area contributed by atoms with E-state index in [0.717, 1.165) is 103 Å². The Morgan fingerprint density at radius 1 is 1.02 bits per heavy atom. The predicted octanol–water partition coefficient (Wildman–Crippen LogP) is 6.85. The third-order valence-electron chi connectivity index (χ3n) is 9.71. The summed E-state index contributed by atoms with van der Waals surface area (Å²) >= 11 is 0. The van der Waals surface area contributed by atoms with Crippen LogP contribution in [-0.4, -0.2) is 71.9 Å². The molecule has 1 saturated carbocycles. The van der Waals surface area contributed by atoms with E-state index in [2.05, 4.69) is 25.2 Å². The molecule has 8 atom stereocenters. The van der Waals surface area contributed by atoms with Gasteiger partial charge < -0.3 is 23.7 Å². The van der Waals surface area contributed by atoms with Gasteiger partial charge in [0.15, 0.2) is 12.6 Å². The standard InChI is InChI=1S/C35H58O9S/c1-4-5-6-14-30(43-34-15-8-11-20-40-34)17-18-31-32-23-28(22-29(32)24-33(31)44-35-16-9-12-21-41-35)27(25-42-45(3,37)38)13-7-10-19-39-26(2)36/h17-18,22,27,29-35H,4-16,19-21,23-25H2,1-3H3. The lowest BCUT2D eigenvalue weighted by Crippen LogP contribution is -2.31. The van der Waals surface area contributed by atoms with Crippen molar-refractivity contribution >= 4 is 16.1 Å². The average Bonchev–Trinajstić information content (AvgIpc) is 3.55. The fraction of sp³-hybridized carbons (Fsp3) is 0.857. The second kappa shape index (κ2) is 18.9. The molecule has 0 radical (unpaired) electrons. The molecule has 2 aliphatic heterocycles. The molecule has 0 aromatic rings. The van der Waals surface area contributed by atoms with Gasteiger partial charge in [0.1, 0.15) is 0 Å². The lowest BCUT2D eigenvalue weighted by molar-refractivity contribution is -0.193. The zero-order valence-corrected chi connectivity index (χ0v) is 28.7. The molecule has 258 valence electrons. The maximum absolute atomic E-state index is 11.9. The Morgan fingerprint density at radius 3 is 2.42 bits per heavy atom. The summed E-state index contributed by atoms with van der Waals surface area (Å²) in [5.74, 6) is 0.651. The van der Waals surface area contributed by atoms with Crippen molar-refractivity contribution in [3.63, 3.8) is 0 Å². The van der Waals surface area contributed by atoms with Gasteiger partial charge in [-0.05, 0) is 88.9 Å². The van der Waals surface area contributed by atoms with Crippen molar-refractivity contribution in [1.82, 2.24) is 0 Å². The quantitative estimate of drug-likeness (QED) is 0.0639. The third-order valence-corrected chi connectivity index (χ3v) is 10.3. The Bertz CT molecular complexity index is 1050. The number of unbranched alkanes of at least 4 members (excludes halogenated alkanes) is 3. The van der Waals surface area contributed by atoms with E-state index in [4.69, 9.17) is 27.9 Å². The average molecular weight is 655 g/mol. The summed E-state index contributed by atoms with van der Waals surface area (Å²) in [4.78, 5) is 11.2. The highest BCUT2D eigenvalue weighted by Crippen LogP contribution is 2.51. The van der Waals surface area contributed by atoms with Crippen molar-refractivity contribution in [2.45, 2.75) is 135 Å². The summed E-state index contributed by atoms with van der Waals surface area (Å²) in [5.41, 5.74) is 1.28. The van der Waals surface area contributed by atoms with Crippen LogP contribution in [0.3, 0.4) is 0 Å². The van der Waals surface area contributed by atoms with Crippen LogP contribution in [0.4, 0.5) is 0 Å². The first kappa shape index (κ1) is 36.5. The molecule has 45 heavy (non-hydrogen) atoms. The van der Waals surface area contributed by atoms with Crippen molar-refractivity contribution in [3.05, 3.63) is 23.8 Å². The van der Waals surface area contributed by atoms with E-state index in [1.807, 2.05) is 0 Å². The number of esters is 1. The van der Waals surface area contributed by atoms with Crippen molar-refractivity contribution in [1.29, 1.82) is 0 Å². The molecule has 4 aliphatic rings. The van der Waals surface area contributed by atoms with Crippen molar-refractivity contribution in [2.75, 3.05) is 32.7 Å². The minimum absolute atomic E-state index is 0.00176. The topological polar surface area (TPSA) is 107 Å². The number of ether oxygens (including phenoxy) is 5. The minimum atomic E-state index is -3.56. The zero-order valence-electron chi connectivity index (χ0n) is 27.9. The van der Waals surface area contributed by atoms with Crippen LogP contribution in [0, 0.1) is 23.7 Å². The van der Waals surface area contributed by atoms with Crippen LogP contribution >= 0.6 is 0 Å². The van der Waals surface area contributed by atoms with Gasteiger partial charge in [-0.25, -0.2) is 0 Å². The summed E-state index contributed by atoms with van der Waals surface area (Å²) in [7, 11) is -3.56. The van der Waals surface area contributed by atoms with E-state index >= 15 is 0 Å². The molecule has 0 aromatic heterocycles. The molecular formula is C35H58O9S. The maximum atomic E-state index is 11.9. The molecular weight excluding hydrogens is 596 g/mol. The first-order chi connectivity index (χ1) is 21.7. The van der Waals surface area contributed by atoms with Crippen LogP contribution in [0.15, 0.2) is 23.8 Å². The van der Waals surface area contributed by atoms with Crippen molar-refractivity contribution in [2.24, 2.45) is 23.7 Å². The van der Waals surface area contributed by atoms with Gasteiger partial charge >= 0.3 is 5.97 Å². The molecule has 3 fully saturated rings. The molecule has 0 spiro atoms. The largest absolute Gasteiger partial charge is 0.466 e. The highest BCUT2D eigenvalue weighted by atomic mass is 32.2. The van der Waals surface area contributed by atoms with Crippen LogP contribution in [0.1, 0.15) is 110 Å². The Kier molecular flexibility index (Phi) is 15.3. The Morgan fingerprint density at radius 2 is 1.76 bits per heavy atom. The van der Waals surface area contributed by atoms with Gasteiger partial charge in [-0.2, -0.15) is 8.42 Å². The molecule has 10 heteroatoms. The molecule has 0 amide bonds. The van der Waals surface area contributed by atoms with Gasteiger partial charge in [0, 0.05) is 32.0 Å². The first-order valence-electron chi connectivity index (χ1n) is 17.6. The molecule has 0 N–H and O–H groups in total. The lowest BCUT2D eigenvalue weighted by atomic mass is 9.86. The molecule has 0 bridgehead atoms. The summed E-state index contributed by atoms with van der Waals surface area (Å²) in [5, 5.41) is 0. The molecule has 2 heterocycles. The van der Waals surface area contributed by atoms with Crippen LogP contribution in [0.25, 0.3) is 0 Å². The Hall–Kier alpha value is -1.30. The van der Waals surface area contributed by atoms with Crippen LogP contribution in [0.2, 0.25) is 0 Å². The molecule has 0 aromatic carbocycles. The number of allylic oxidation sites excluding steroid dienone is 1. The van der Waals surface area contributed by atoms with Crippen LogP contribution < -0.4 is 0 Å². The Labute approximate surface area is 271 Å². The fourth-order valence-corrected chi connectivity index (χ4v) is 7.76. The van der Waals surface area contributed by atoms with E-state index in [1.54, 1.807) is 0 Å².